The Morgan fingerprint density at radius 2 is 2.23 bits per heavy atom. The zero-order valence-electron chi connectivity index (χ0n) is 8.87. The molecule has 0 unspecified atom stereocenters. The Balaban J connectivity index is 4.22. The number of rotatable bonds is 4. The Bertz CT molecular complexity index is 158. The summed E-state index contributed by atoms with van der Waals surface area (Å²) in [5, 5.41) is 0. The minimum absolute atomic E-state index is 0.352. The molecule has 0 heterocycles. The van der Waals surface area contributed by atoms with Gasteiger partial charge in [-0.05, 0) is 13.8 Å². The molecule has 3 N–H and O–H groups in total. The van der Waals surface area contributed by atoms with Crippen LogP contribution in [0.25, 0.3) is 0 Å². The molecule has 0 saturated carbocycles. The van der Waals surface area contributed by atoms with Crippen molar-refractivity contribution in [2.24, 2.45) is 10.8 Å². The lowest BCUT2D eigenvalue weighted by molar-refractivity contribution is 0.165. The zero-order chi connectivity index (χ0) is 10.3. The Morgan fingerprint density at radius 1 is 1.62 bits per heavy atom. The lowest BCUT2D eigenvalue weighted by Gasteiger charge is -2.28. The minimum Gasteiger partial charge on any atom is -0.383 e. The van der Waals surface area contributed by atoms with Crippen LogP contribution >= 0.6 is 0 Å². The summed E-state index contributed by atoms with van der Waals surface area (Å²) in [5.41, 5.74) is 2.56. The largest absolute Gasteiger partial charge is 0.383 e. The molecule has 0 amide bonds. The minimum atomic E-state index is 0.352. The van der Waals surface area contributed by atoms with Crippen LogP contribution in [0.3, 0.4) is 0 Å². The first-order valence-electron chi connectivity index (χ1n) is 4.36. The third kappa shape index (κ3) is 4.10. The average molecular weight is 188 g/mol. The van der Waals surface area contributed by atoms with E-state index in [9.17, 15) is 0 Å². The number of ether oxygens (including phenoxy) is 1. The van der Waals surface area contributed by atoms with Crippen LogP contribution < -0.4 is 11.3 Å². The first-order valence-corrected chi connectivity index (χ1v) is 4.36. The van der Waals surface area contributed by atoms with Crippen LogP contribution in [-0.4, -0.2) is 44.2 Å². The molecule has 0 atom stereocenters. The van der Waals surface area contributed by atoms with Crippen LogP contribution in [0.1, 0.15) is 13.8 Å². The van der Waals surface area contributed by atoms with Crippen LogP contribution in [-0.2, 0) is 4.74 Å². The lowest BCUT2D eigenvalue weighted by atomic mass is 10.3. The van der Waals surface area contributed by atoms with Gasteiger partial charge in [0.05, 0.1) is 6.61 Å². The molecule has 0 aliphatic rings. The van der Waals surface area contributed by atoms with Gasteiger partial charge in [0, 0.05) is 26.7 Å². The van der Waals surface area contributed by atoms with E-state index in [0.717, 1.165) is 6.54 Å². The lowest BCUT2D eigenvalue weighted by Crippen LogP contribution is -2.49. The molecule has 0 aromatic rings. The van der Waals surface area contributed by atoms with Crippen molar-refractivity contribution >= 4 is 5.96 Å². The molecule has 0 aromatic heterocycles. The van der Waals surface area contributed by atoms with Crippen molar-refractivity contribution in [2.45, 2.75) is 19.9 Å². The average Bonchev–Trinajstić information content (AvgIpc) is 2.11. The smallest absolute Gasteiger partial charge is 0.208 e. The van der Waals surface area contributed by atoms with Crippen LogP contribution in [0.4, 0.5) is 0 Å². The van der Waals surface area contributed by atoms with Gasteiger partial charge in [-0.15, -0.1) is 0 Å². The molecule has 5 nitrogen and oxygen atoms in total. The van der Waals surface area contributed by atoms with Crippen molar-refractivity contribution in [3.63, 3.8) is 0 Å². The van der Waals surface area contributed by atoms with Gasteiger partial charge in [-0.3, -0.25) is 10.4 Å². The molecule has 0 aromatic carbocycles. The second-order valence-corrected chi connectivity index (χ2v) is 2.97. The predicted octanol–water partition coefficient (Wildman–Crippen LogP) is -0.208. The van der Waals surface area contributed by atoms with Crippen molar-refractivity contribution in [2.75, 3.05) is 27.3 Å². The maximum absolute atomic E-state index is 5.33. The monoisotopic (exact) mass is 188 g/mol. The Hall–Kier alpha value is -0.810. The molecule has 0 fully saturated rings. The zero-order valence-corrected chi connectivity index (χ0v) is 8.87. The highest BCUT2D eigenvalue weighted by atomic mass is 16.5. The molecule has 0 aliphatic heterocycles. The van der Waals surface area contributed by atoms with E-state index in [1.165, 1.54) is 0 Å². The third-order valence-corrected chi connectivity index (χ3v) is 1.77. The van der Waals surface area contributed by atoms with Gasteiger partial charge in [0.1, 0.15) is 0 Å². The van der Waals surface area contributed by atoms with Gasteiger partial charge in [-0.25, -0.2) is 5.84 Å². The number of aliphatic imine (C=N–C) groups is 1. The standard InChI is InChI=1S/C8H20N4O/c1-7(2)12(5-6-13-4)8(10-3)11-9/h7H,5-6,9H2,1-4H3,(H,10,11). The molecule has 5 heteroatoms. The fourth-order valence-corrected chi connectivity index (χ4v) is 1.07. The topological polar surface area (TPSA) is 62.9 Å². The molecular weight excluding hydrogens is 168 g/mol. The highest BCUT2D eigenvalue weighted by molar-refractivity contribution is 5.79. The summed E-state index contributed by atoms with van der Waals surface area (Å²) in [6.45, 7) is 5.61. The first kappa shape index (κ1) is 12.2. The molecule has 0 radical (unpaired) electrons. The van der Waals surface area contributed by atoms with Crippen LogP contribution in [0.5, 0.6) is 0 Å². The van der Waals surface area contributed by atoms with Gasteiger partial charge in [-0.1, -0.05) is 0 Å². The van der Waals surface area contributed by atoms with Crippen molar-refractivity contribution < 1.29 is 4.74 Å². The molecule has 0 rings (SSSR count). The van der Waals surface area contributed by atoms with Gasteiger partial charge < -0.3 is 9.64 Å². The Labute approximate surface area is 79.9 Å². The normalized spacial score (nSPS) is 12.0. The van der Waals surface area contributed by atoms with Crippen molar-refractivity contribution in [1.29, 1.82) is 0 Å². The SMILES string of the molecule is CN=C(NN)N(CCOC)C(C)C. The van der Waals surface area contributed by atoms with Crippen LogP contribution in [0.2, 0.25) is 0 Å². The predicted molar refractivity (Wildman–Crippen MR) is 54.4 cm³/mol. The second kappa shape index (κ2) is 6.68. The number of nitrogens with one attached hydrogen (secondary N) is 1. The number of nitrogens with two attached hydrogens (primary N) is 1. The Kier molecular flexibility index (Phi) is 6.26. The molecule has 0 saturated heterocycles. The number of nitrogens with zero attached hydrogens (tertiary/aromatic N) is 2. The summed E-state index contributed by atoms with van der Waals surface area (Å²) >= 11 is 0. The molecule has 0 aliphatic carbocycles. The summed E-state index contributed by atoms with van der Waals surface area (Å²) in [7, 11) is 3.38. The number of methoxy groups -OCH3 is 1. The highest BCUT2D eigenvalue weighted by Gasteiger charge is 2.12. The van der Waals surface area contributed by atoms with E-state index in [1.54, 1.807) is 14.2 Å². The fourth-order valence-electron chi connectivity index (χ4n) is 1.07. The summed E-state index contributed by atoms with van der Waals surface area (Å²) in [6.07, 6.45) is 0. The Morgan fingerprint density at radius 3 is 2.54 bits per heavy atom. The molecule has 0 bridgehead atoms. The summed E-state index contributed by atoms with van der Waals surface area (Å²) in [4.78, 5) is 6.08. The maximum atomic E-state index is 5.33. The summed E-state index contributed by atoms with van der Waals surface area (Å²) < 4.78 is 5.00. The van der Waals surface area contributed by atoms with E-state index in [2.05, 4.69) is 24.3 Å². The maximum Gasteiger partial charge on any atom is 0.208 e. The summed E-state index contributed by atoms with van der Waals surface area (Å²) in [6, 6.07) is 0.352. The van der Waals surface area contributed by atoms with E-state index in [-0.39, 0.29) is 0 Å². The number of hydrazine groups is 1. The van der Waals surface area contributed by atoms with Gasteiger partial charge in [0.25, 0.3) is 0 Å². The number of hydrogen-bond acceptors (Lipinski definition) is 3. The molecule has 13 heavy (non-hydrogen) atoms. The third-order valence-electron chi connectivity index (χ3n) is 1.77. The molecule has 78 valence electrons. The van der Waals surface area contributed by atoms with Gasteiger partial charge in [0.2, 0.25) is 5.96 Å². The van der Waals surface area contributed by atoms with E-state index in [0.29, 0.717) is 18.6 Å². The van der Waals surface area contributed by atoms with Crippen LogP contribution in [0.15, 0.2) is 4.99 Å². The van der Waals surface area contributed by atoms with Gasteiger partial charge in [-0.2, -0.15) is 0 Å². The van der Waals surface area contributed by atoms with E-state index < -0.39 is 0 Å². The quantitative estimate of drug-likeness (QED) is 0.277. The van der Waals surface area contributed by atoms with Crippen molar-refractivity contribution in [1.82, 2.24) is 10.3 Å². The van der Waals surface area contributed by atoms with E-state index in [4.69, 9.17) is 10.6 Å². The number of guanidine groups is 1. The van der Waals surface area contributed by atoms with Crippen molar-refractivity contribution in [3.8, 4) is 0 Å². The number of hydrogen-bond donors (Lipinski definition) is 2. The fraction of sp³-hybridized carbons (Fsp3) is 0.875. The first-order chi connectivity index (χ1) is 6.17. The van der Waals surface area contributed by atoms with Crippen molar-refractivity contribution in [3.05, 3.63) is 0 Å². The van der Waals surface area contributed by atoms with E-state index in [1.807, 2.05) is 4.90 Å². The van der Waals surface area contributed by atoms with Crippen LogP contribution in [0, 0.1) is 0 Å². The van der Waals surface area contributed by atoms with E-state index >= 15 is 0 Å². The van der Waals surface area contributed by atoms with Gasteiger partial charge in [0.15, 0.2) is 0 Å². The van der Waals surface area contributed by atoms with Gasteiger partial charge >= 0.3 is 0 Å². The molecular formula is C8H20N4O. The second-order valence-electron chi connectivity index (χ2n) is 2.97. The summed E-state index contributed by atoms with van der Waals surface area (Å²) in [5.74, 6) is 6.02. The highest BCUT2D eigenvalue weighted by Crippen LogP contribution is 1.97. The molecule has 0 spiro atoms.